The molecule has 1 atom stereocenters. The third-order valence-electron chi connectivity index (χ3n) is 4.42. The van der Waals surface area contributed by atoms with Crippen molar-refractivity contribution in [3.63, 3.8) is 0 Å². The average molecular weight is 395 g/mol. The highest BCUT2D eigenvalue weighted by Crippen LogP contribution is 2.22. The summed E-state index contributed by atoms with van der Waals surface area (Å²) in [6.07, 6.45) is 3.42. The molecular weight excluding hydrogens is 376 g/mol. The summed E-state index contributed by atoms with van der Waals surface area (Å²) in [6.45, 7) is 1.88. The predicted molar refractivity (Wildman–Crippen MR) is 102 cm³/mol. The van der Waals surface area contributed by atoms with Gasteiger partial charge in [-0.3, -0.25) is 4.79 Å². The number of anilines is 2. The van der Waals surface area contributed by atoms with Crippen molar-refractivity contribution in [2.75, 3.05) is 28.8 Å². The van der Waals surface area contributed by atoms with E-state index in [9.17, 15) is 13.2 Å². The standard InChI is InChI=1S/C17H19ClN4O3S/c1-11-3-4-12(7-14(11)18)21-17(23)15-8-20-16(9-19-15)22(2)13-5-6-26(24,25)10-13/h3-4,7-9,13H,5-6,10H2,1-2H3,(H,21,23). The van der Waals surface area contributed by atoms with Crippen LogP contribution in [0, 0.1) is 6.92 Å². The van der Waals surface area contributed by atoms with Gasteiger partial charge in [0, 0.05) is 23.8 Å². The second-order valence-electron chi connectivity index (χ2n) is 6.35. The molecule has 1 fully saturated rings. The molecule has 1 saturated heterocycles. The quantitative estimate of drug-likeness (QED) is 0.855. The number of halogens is 1. The highest BCUT2D eigenvalue weighted by Gasteiger charge is 2.31. The lowest BCUT2D eigenvalue weighted by atomic mass is 10.2. The zero-order valence-corrected chi connectivity index (χ0v) is 16.0. The van der Waals surface area contributed by atoms with Crippen LogP contribution in [0.3, 0.4) is 0 Å². The summed E-state index contributed by atoms with van der Waals surface area (Å²) in [5, 5.41) is 3.29. The van der Waals surface area contributed by atoms with E-state index in [1.54, 1.807) is 24.1 Å². The number of amides is 1. The van der Waals surface area contributed by atoms with E-state index < -0.39 is 15.7 Å². The van der Waals surface area contributed by atoms with Crippen LogP contribution in [-0.4, -0.2) is 48.9 Å². The van der Waals surface area contributed by atoms with Crippen LogP contribution < -0.4 is 10.2 Å². The number of hydrogen-bond acceptors (Lipinski definition) is 6. The second-order valence-corrected chi connectivity index (χ2v) is 8.98. The number of rotatable bonds is 4. The van der Waals surface area contributed by atoms with Gasteiger partial charge in [-0.05, 0) is 31.0 Å². The topological polar surface area (TPSA) is 92.3 Å². The van der Waals surface area contributed by atoms with E-state index in [1.165, 1.54) is 12.4 Å². The SMILES string of the molecule is Cc1ccc(NC(=O)c2cnc(N(C)C3CCS(=O)(=O)C3)cn2)cc1Cl. The zero-order valence-electron chi connectivity index (χ0n) is 14.4. The monoisotopic (exact) mass is 394 g/mol. The van der Waals surface area contributed by atoms with E-state index in [0.29, 0.717) is 22.9 Å². The smallest absolute Gasteiger partial charge is 0.275 e. The molecular formula is C17H19ClN4O3S. The first-order valence-electron chi connectivity index (χ1n) is 8.08. The highest BCUT2D eigenvalue weighted by atomic mass is 35.5. The Bertz CT molecular complexity index is 932. The third-order valence-corrected chi connectivity index (χ3v) is 6.58. The molecule has 3 rings (SSSR count). The van der Waals surface area contributed by atoms with Gasteiger partial charge >= 0.3 is 0 Å². The molecule has 26 heavy (non-hydrogen) atoms. The fourth-order valence-corrected chi connectivity index (χ4v) is 4.71. The Labute approximate surface area is 157 Å². The van der Waals surface area contributed by atoms with Crippen LogP contribution in [0.4, 0.5) is 11.5 Å². The average Bonchev–Trinajstić information content (AvgIpc) is 2.97. The molecule has 1 unspecified atom stereocenters. The predicted octanol–water partition coefficient (Wildman–Crippen LogP) is 2.31. The maximum Gasteiger partial charge on any atom is 0.275 e. The van der Waals surface area contributed by atoms with Crippen LogP contribution in [0.1, 0.15) is 22.5 Å². The van der Waals surface area contributed by atoms with Gasteiger partial charge < -0.3 is 10.2 Å². The molecule has 9 heteroatoms. The molecule has 2 aromatic rings. The van der Waals surface area contributed by atoms with Crippen molar-refractivity contribution in [3.05, 3.63) is 46.9 Å². The number of carbonyl (C=O) groups is 1. The first kappa shape index (κ1) is 18.6. The Balaban J connectivity index is 1.68. The van der Waals surface area contributed by atoms with Crippen LogP contribution >= 0.6 is 11.6 Å². The Morgan fingerprint density at radius 2 is 2.08 bits per heavy atom. The molecule has 0 spiro atoms. The number of aryl methyl sites for hydroxylation is 1. The molecule has 138 valence electrons. The van der Waals surface area contributed by atoms with Crippen LogP contribution in [-0.2, 0) is 9.84 Å². The molecule has 0 saturated carbocycles. The maximum atomic E-state index is 12.3. The minimum absolute atomic E-state index is 0.113. The Morgan fingerprint density at radius 1 is 1.31 bits per heavy atom. The molecule has 1 aromatic heterocycles. The van der Waals surface area contributed by atoms with Gasteiger partial charge in [-0.1, -0.05) is 17.7 Å². The summed E-state index contributed by atoms with van der Waals surface area (Å²) < 4.78 is 23.2. The lowest BCUT2D eigenvalue weighted by Crippen LogP contribution is -2.33. The molecule has 0 aliphatic carbocycles. The van der Waals surface area contributed by atoms with E-state index >= 15 is 0 Å². The van der Waals surface area contributed by atoms with E-state index in [0.717, 1.165) is 5.56 Å². The Kier molecular flexibility index (Phi) is 5.15. The minimum atomic E-state index is -2.98. The van der Waals surface area contributed by atoms with Crippen molar-refractivity contribution >= 4 is 38.9 Å². The van der Waals surface area contributed by atoms with E-state index in [1.807, 2.05) is 13.0 Å². The fraction of sp³-hybridized carbons (Fsp3) is 0.353. The first-order valence-corrected chi connectivity index (χ1v) is 10.3. The number of aromatic nitrogens is 2. The van der Waals surface area contributed by atoms with Gasteiger partial charge in [0.1, 0.15) is 11.5 Å². The van der Waals surface area contributed by atoms with Gasteiger partial charge in [0.05, 0.1) is 23.9 Å². The molecule has 2 heterocycles. The van der Waals surface area contributed by atoms with E-state index in [-0.39, 0.29) is 23.2 Å². The third kappa shape index (κ3) is 4.13. The maximum absolute atomic E-state index is 12.3. The first-order chi connectivity index (χ1) is 12.2. The Morgan fingerprint density at radius 3 is 2.65 bits per heavy atom. The lowest BCUT2D eigenvalue weighted by Gasteiger charge is -2.23. The van der Waals surface area contributed by atoms with E-state index in [2.05, 4.69) is 15.3 Å². The molecule has 0 radical (unpaired) electrons. The highest BCUT2D eigenvalue weighted by molar-refractivity contribution is 7.91. The zero-order chi connectivity index (χ0) is 18.9. The molecule has 0 bridgehead atoms. The van der Waals surface area contributed by atoms with Crippen molar-refractivity contribution in [2.24, 2.45) is 0 Å². The van der Waals surface area contributed by atoms with Crippen molar-refractivity contribution in [3.8, 4) is 0 Å². The number of nitrogens with zero attached hydrogens (tertiary/aromatic N) is 3. The van der Waals surface area contributed by atoms with Crippen molar-refractivity contribution < 1.29 is 13.2 Å². The summed E-state index contributed by atoms with van der Waals surface area (Å²) in [6, 6.07) is 5.13. The summed E-state index contributed by atoms with van der Waals surface area (Å²) in [7, 11) is -1.19. The van der Waals surface area contributed by atoms with Gasteiger partial charge in [-0.15, -0.1) is 0 Å². The van der Waals surface area contributed by atoms with E-state index in [4.69, 9.17) is 11.6 Å². The number of sulfone groups is 1. The van der Waals surface area contributed by atoms with Gasteiger partial charge in [0.2, 0.25) is 0 Å². The number of nitrogens with one attached hydrogen (secondary N) is 1. The van der Waals surface area contributed by atoms with Gasteiger partial charge in [-0.25, -0.2) is 18.4 Å². The lowest BCUT2D eigenvalue weighted by molar-refractivity contribution is 0.102. The summed E-state index contributed by atoms with van der Waals surface area (Å²) in [5.74, 6) is 0.438. The van der Waals surface area contributed by atoms with Gasteiger partial charge in [0.25, 0.3) is 5.91 Å². The molecule has 1 aliphatic rings. The summed E-state index contributed by atoms with van der Waals surface area (Å²) in [5.41, 5.74) is 1.66. The van der Waals surface area contributed by atoms with Gasteiger partial charge in [-0.2, -0.15) is 0 Å². The van der Waals surface area contributed by atoms with Crippen LogP contribution in [0.2, 0.25) is 5.02 Å². The summed E-state index contributed by atoms with van der Waals surface area (Å²) >= 11 is 6.05. The van der Waals surface area contributed by atoms with Gasteiger partial charge in [0.15, 0.2) is 9.84 Å². The van der Waals surface area contributed by atoms with Crippen molar-refractivity contribution in [2.45, 2.75) is 19.4 Å². The van der Waals surface area contributed by atoms with Crippen molar-refractivity contribution in [1.29, 1.82) is 0 Å². The fourth-order valence-electron chi connectivity index (χ4n) is 2.75. The van der Waals surface area contributed by atoms with Crippen LogP contribution in [0.5, 0.6) is 0 Å². The Hall–Kier alpha value is -2.19. The van der Waals surface area contributed by atoms with Crippen LogP contribution in [0.15, 0.2) is 30.6 Å². The molecule has 7 nitrogen and oxygen atoms in total. The summed E-state index contributed by atoms with van der Waals surface area (Å²) in [4.78, 5) is 22.5. The second kappa shape index (κ2) is 7.20. The number of benzene rings is 1. The number of hydrogen-bond donors (Lipinski definition) is 1. The molecule has 1 N–H and O–H groups in total. The minimum Gasteiger partial charge on any atom is -0.354 e. The van der Waals surface area contributed by atoms with Crippen molar-refractivity contribution in [1.82, 2.24) is 9.97 Å². The molecule has 1 amide bonds. The van der Waals surface area contributed by atoms with Crippen LogP contribution in [0.25, 0.3) is 0 Å². The molecule has 1 aromatic carbocycles. The largest absolute Gasteiger partial charge is 0.354 e. The molecule has 1 aliphatic heterocycles. The normalized spacial score (nSPS) is 18.5. The number of carbonyl (C=O) groups excluding carboxylic acids is 1.